The van der Waals surface area contributed by atoms with Crippen LogP contribution in [0.5, 0.6) is 0 Å². The molecule has 0 radical (unpaired) electrons. The van der Waals surface area contributed by atoms with E-state index in [1.807, 2.05) is 13.0 Å². The minimum atomic E-state index is 0.555. The summed E-state index contributed by atoms with van der Waals surface area (Å²) in [5.74, 6) is 0.555. The third-order valence-corrected chi connectivity index (χ3v) is 1.85. The van der Waals surface area contributed by atoms with Gasteiger partial charge in [-0.05, 0) is 13.3 Å². The number of unbranched alkanes of at least 4 members (excludes halogenated alkanes) is 1. The van der Waals surface area contributed by atoms with E-state index in [2.05, 4.69) is 23.0 Å². The van der Waals surface area contributed by atoms with Crippen LogP contribution in [0.2, 0.25) is 0 Å². The third-order valence-electron chi connectivity index (χ3n) is 1.85. The Morgan fingerprint density at radius 2 is 2.23 bits per heavy atom. The van der Waals surface area contributed by atoms with E-state index in [0.29, 0.717) is 5.82 Å². The maximum Gasteiger partial charge on any atom is 0.134 e. The lowest BCUT2D eigenvalue weighted by Gasteiger charge is -2.01. The molecule has 0 saturated heterocycles. The van der Waals surface area contributed by atoms with Crippen LogP contribution in [0.15, 0.2) is 12.4 Å². The molecule has 1 rings (SSSR count). The smallest absolute Gasteiger partial charge is 0.134 e. The number of hydrogen-bond acceptors (Lipinski definition) is 3. The molecule has 0 aliphatic rings. The number of hydrogen-bond donors (Lipinski definition) is 1. The van der Waals surface area contributed by atoms with Gasteiger partial charge < -0.3 is 5.73 Å². The molecule has 0 aliphatic carbocycles. The van der Waals surface area contributed by atoms with E-state index in [1.165, 1.54) is 6.33 Å². The molecule has 0 atom stereocenters. The quantitative estimate of drug-likeness (QED) is 0.769. The Morgan fingerprint density at radius 1 is 1.46 bits per heavy atom. The molecule has 70 valence electrons. The summed E-state index contributed by atoms with van der Waals surface area (Å²) in [6.45, 7) is 4.08. The van der Waals surface area contributed by atoms with Crippen LogP contribution in [0.25, 0.3) is 6.08 Å². The van der Waals surface area contributed by atoms with Crippen molar-refractivity contribution in [2.45, 2.75) is 26.7 Å². The second-order valence-corrected chi connectivity index (χ2v) is 2.95. The standard InChI is InChI=1S/C10H15N3/c1-3-4-5-6-9-8(2)12-7-13-10(9)11/h5-7H,3-4H2,1-2H3,(H2,11,12,13)/b6-5-. The number of nitrogens with two attached hydrogens (primary N) is 1. The average Bonchev–Trinajstić information content (AvgIpc) is 2.10. The molecule has 0 aromatic carbocycles. The summed E-state index contributed by atoms with van der Waals surface area (Å²) >= 11 is 0. The second-order valence-electron chi connectivity index (χ2n) is 2.95. The summed E-state index contributed by atoms with van der Waals surface area (Å²) in [7, 11) is 0. The van der Waals surface area contributed by atoms with E-state index in [1.54, 1.807) is 0 Å². The zero-order valence-corrected chi connectivity index (χ0v) is 8.12. The van der Waals surface area contributed by atoms with E-state index >= 15 is 0 Å². The predicted molar refractivity (Wildman–Crippen MR) is 55.1 cm³/mol. The Hall–Kier alpha value is -1.38. The monoisotopic (exact) mass is 177 g/mol. The zero-order chi connectivity index (χ0) is 9.68. The lowest BCUT2D eigenvalue weighted by molar-refractivity contribution is 0.961. The van der Waals surface area contributed by atoms with E-state index in [9.17, 15) is 0 Å². The van der Waals surface area contributed by atoms with Crippen LogP contribution in [-0.2, 0) is 0 Å². The van der Waals surface area contributed by atoms with Crippen molar-refractivity contribution >= 4 is 11.9 Å². The molecule has 3 nitrogen and oxygen atoms in total. The summed E-state index contributed by atoms with van der Waals surface area (Å²) in [4.78, 5) is 8.01. The normalized spacial score (nSPS) is 10.9. The third kappa shape index (κ3) is 2.54. The highest BCUT2D eigenvalue weighted by Crippen LogP contribution is 2.13. The van der Waals surface area contributed by atoms with Crippen LogP contribution < -0.4 is 5.73 Å². The van der Waals surface area contributed by atoms with Gasteiger partial charge in [-0.15, -0.1) is 0 Å². The highest BCUT2D eigenvalue weighted by atomic mass is 14.9. The van der Waals surface area contributed by atoms with Crippen molar-refractivity contribution in [2.75, 3.05) is 5.73 Å². The fourth-order valence-corrected chi connectivity index (χ4v) is 1.08. The molecule has 13 heavy (non-hydrogen) atoms. The van der Waals surface area contributed by atoms with Gasteiger partial charge in [0.1, 0.15) is 12.1 Å². The Balaban J connectivity index is 2.87. The number of nitrogens with zero attached hydrogens (tertiary/aromatic N) is 2. The van der Waals surface area contributed by atoms with E-state index < -0.39 is 0 Å². The molecule has 1 aromatic rings. The summed E-state index contributed by atoms with van der Waals surface area (Å²) < 4.78 is 0. The van der Waals surface area contributed by atoms with E-state index in [-0.39, 0.29) is 0 Å². The SMILES string of the molecule is CCC/C=C\c1c(C)ncnc1N. The van der Waals surface area contributed by atoms with Crippen molar-refractivity contribution < 1.29 is 0 Å². The molecule has 1 aromatic heterocycles. The molecule has 3 heteroatoms. The first-order valence-corrected chi connectivity index (χ1v) is 4.49. The van der Waals surface area contributed by atoms with Gasteiger partial charge in [-0.1, -0.05) is 25.5 Å². The van der Waals surface area contributed by atoms with Crippen molar-refractivity contribution in [2.24, 2.45) is 0 Å². The molecule has 0 aliphatic heterocycles. The first-order valence-electron chi connectivity index (χ1n) is 4.49. The molecule has 0 amide bonds. The van der Waals surface area contributed by atoms with Crippen LogP contribution in [-0.4, -0.2) is 9.97 Å². The van der Waals surface area contributed by atoms with Crippen molar-refractivity contribution in [1.29, 1.82) is 0 Å². The lowest BCUT2D eigenvalue weighted by Crippen LogP contribution is -1.97. The fourth-order valence-electron chi connectivity index (χ4n) is 1.08. The zero-order valence-electron chi connectivity index (χ0n) is 8.12. The van der Waals surface area contributed by atoms with Crippen LogP contribution in [0.1, 0.15) is 31.0 Å². The van der Waals surface area contributed by atoms with E-state index in [0.717, 1.165) is 24.1 Å². The Labute approximate surface area is 78.7 Å². The molecule has 0 spiro atoms. The maximum absolute atomic E-state index is 5.70. The minimum absolute atomic E-state index is 0.555. The Bertz CT molecular complexity index is 285. The fraction of sp³-hybridized carbons (Fsp3) is 0.400. The molecular formula is C10H15N3. The Morgan fingerprint density at radius 3 is 2.85 bits per heavy atom. The molecule has 0 saturated carbocycles. The molecule has 0 unspecified atom stereocenters. The molecular weight excluding hydrogens is 162 g/mol. The van der Waals surface area contributed by atoms with Crippen LogP contribution in [0, 0.1) is 6.92 Å². The number of aryl methyl sites for hydroxylation is 1. The topological polar surface area (TPSA) is 51.8 Å². The summed E-state index contributed by atoms with van der Waals surface area (Å²) in [6.07, 6.45) is 7.79. The number of aromatic nitrogens is 2. The van der Waals surface area contributed by atoms with Gasteiger partial charge >= 0.3 is 0 Å². The number of anilines is 1. The number of nitrogen functional groups attached to an aromatic ring is 1. The Kier molecular flexibility index (Phi) is 3.43. The van der Waals surface area contributed by atoms with Crippen molar-refractivity contribution in [3.8, 4) is 0 Å². The van der Waals surface area contributed by atoms with Gasteiger partial charge in [0.15, 0.2) is 0 Å². The highest BCUT2D eigenvalue weighted by molar-refractivity contribution is 5.62. The van der Waals surface area contributed by atoms with Gasteiger partial charge in [0.25, 0.3) is 0 Å². The lowest BCUT2D eigenvalue weighted by atomic mass is 10.2. The minimum Gasteiger partial charge on any atom is -0.383 e. The number of allylic oxidation sites excluding steroid dienone is 1. The van der Waals surface area contributed by atoms with Gasteiger partial charge in [-0.25, -0.2) is 9.97 Å². The highest BCUT2D eigenvalue weighted by Gasteiger charge is 1.99. The van der Waals surface area contributed by atoms with Gasteiger partial charge in [0.05, 0.1) is 5.69 Å². The predicted octanol–water partition coefficient (Wildman–Crippen LogP) is 2.18. The molecule has 2 N–H and O–H groups in total. The van der Waals surface area contributed by atoms with Gasteiger partial charge in [0, 0.05) is 5.56 Å². The largest absolute Gasteiger partial charge is 0.383 e. The molecule has 0 bridgehead atoms. The van der Waals surface area contributed by atoms with Crippen LogP contribution in [0.3, 0.4) is 0 Å². The average molecular weight is 177 g/mol. The maximum atomic E-state index is 5.70. The molecule has 0 fully saturated rings. The van der Waals surface area contributed by atoms with Gasteiger partial charge in [-0.2, -0.15) is 0 Å². The number of rotatable bonds is 3. The van der Waals surface area contributed by atoms with Crippen molar-refractivity contribution in [3.05, 3.63) is 23.7 Å². The second kappa shape index (κ2) is 4.60. The van der Waals surface area contributed by atoms with Crippen LogP contribution >= 0.6 is 0 Å². The van der Waals surface area contributed by atoms with Crippen molar-refractivity contribution in [3.63, 3.8) is 0 Å². The van der Waals surface area contributed by atoms with Gasteiger partial charge in [-0.3, -0.25) is 0 Å². The summed E-state index contributed by atoms with van der Waals surface area (Å²) in [5, 5.41) is 0. The first-order chi connectivity index (χ1) is 6.25. The first kappa shape index (κ1) is 9.71. The summed E-state index contributed by atoms with van der Waals surface area (Å²) in [5.41, 5.74) is 7.57. The molecule has 1 heterocycles. The van der Waals surface area contributed by atoms with E-state index in [4.69, 9.17) is 5.73 Å². The van der Waals surface area contributed by atoms with Gasteiger partial charge in [0.2, 0.25) is 0 Å². The van der Waals surface area contributed by atoms with Crippen molar-refractivity contribution in [1.82, 2.24) is 9.97 Å². The van der Waals surface area contributed by atoms with Crippen LogP contribution in [0.4, 0.5) is 5.82 Å². The summed E-state index contributed by atoms with van der Waals surface area (Å²) in [6, 6.07) is 0.